The van der Waals surface area contributed by atoms with E-state index in [1.54, 1.807) is 4.68 Å². The Morgan fingerprint density at radius 1 is 1.33 bits per heavy atom. The molecule has 30 heavy (non-hydrogen) atoms. The maximum atomic E-state index is 13.0. The first-order valence-electron chi connectivity index (χ1n) is 10.7. The molecule has 1 N–H and O–H groups in total. The number of aliphatic imine (C=N–C) groups is 1. The van der Waals surface area contributed by atoms with Crippen LogP contribution in [0, 0.1) is 0 Å². The van der Waals surface area contributed by atoms with Gasteiger partial charge in [0.1, 0.15) is 12.6 Å². The number of amides is 1. The lowest BCUT2D eigenvalue weighted by atomic mass is 10.0. The van der Waals surface area contributed by atoms with Crippen LogP contribution in [0.15, 0.2) is 41.7 Å². The van der Waals surface area contributed by atoms with E-state index in [0.717, 1.165) is 49.7 Å². The number of rotatable bonds is 4. The number of morpholine rings is 1. The number of hydrogen-bond donors (Lipinski definition) is 1. The van der Waals surface area contributed by atoms with E-state index in [4.69, 9.17) is 4.74 Å². The highest BCUT2D eigenvalue weighted by Gasteiger charge is 2.26. The summed E-state index contributed by atoms with van der Waals surface area (Å²) in [7, 11) is 1.90. The Balaban J connectivity index is 1.45. The van der Waals surface area contributed by atoms with E-state index in [2.05, 4.69) is 26.4 Å². The van der Waals surface area contributed by atoms with Gasteiger partial charge < -0.3 is 19.9 Å². The number of hydrogen-bond acceptors (Lipinski definition) is 4. The zero-order valence-corrected chi connectivity index (χ0v) is 17.8. The quantitative estimate of drug-likeness (QED) is 0.614. The number of aryl methyl sites for hydroxylation is 2. The van der Waals surface area contributed by atoms with Crippen LogP contribution in [0.1, 0.15) is 30.6 Å². The van der Waals surface area contributed by atoms with Crippen LogP contribution in [0.5, 0.6) is 0 Å². The highest BCUT2D eigenvalue weighted by molar-refractivity contribution is 5.97. The normalized spacial score (nSPS) is 19.5. The van der Waals surface area contributed by atoms with Gasteiger partial charge in [-0.2, -0.15) is 5.10 Å². The number of nitrogens with one attached hydrogen (secondary N) is 1. The lowest BCUT2D eigenvalue weighted by Crippen LogP contribution is -2.48. The average molecular weight is 411 g/mol. The smallest absolute Gasteiger partial charge is 0.248 e. The summed E-state index contributed by atoms with van der Waals surface area (Å²) >= 11 is 0. The molecular formula is C22H30N6O2. The number of benzene rings is 1. The molecule has 8 nitrogen and oxygen atoms in total. The van der Waals surface area contributed by atoms with Gasteiger partial charge in [-0.3, -0.25) is 9.48 Å². The van der Waals surface area contributed by atoms with Crippen molar-refractivity contribution in [3.05, 3.63) is 47.8 Å². The highest BCUT2D eigenvalue weighted by atomic mass is 16.5. The number of fused-ring (bicyclic) bond motifs is 1. The average Bonchev–Trinajstić information content (AvgIpc) is 3.22. The third-order valence-electron chi connectivity index (χ3n) is 5.57. The Morgan fingerprint density at radius 3 is 3.00 bits per heavy atom. The van der Waals surface area contributed by atoms with Gasteiger partial charge in [0, 0.05) is 44.1 Å². The second-order valence-corrected chi connectivity index (χ2v) is 7.70. The van der Waals surface area contributed by atoms with E-state index in [1.165, 1.54) is 5.56 Å². The molecule has 160 valence electrons. The molecule has 4 rings (SSSR count). The summed E-state index contributed by atoms with van der Waals surface area (Å²) in [5.41, 5.74) is 3.32. The van der Waals surface area contributed by atoms with Crippen molar-refractivity contribution in [3.63, 3.8) is 0 Å². The van der Waals surface area contributed by atoms with Crippen molar-refractivity contribution in [1.82, 2.24) is 20.0 Å². The Kier molecular flexibility index (Phi) is 6.32. The number of para-hydroxylation sites is 1. The van der Waals surface area contributed by atoms with E-state index < -0.39 is 0 Å². The summed E-state index contributed by atoms with van der Waals surface area (Å²) in [6.07, 6.45) is 5.78. The van der Waals surface area contributed by atoms with Gasteiger partial charge in [0.2, 0.25) is 5.91 Å². The van der Waals surface area contributed by atoms with Crippen molar-refractivity contribution in [2.75, 3.05) is 44.2 Å². The van der Waals surface area contributed by atoms with Gasteiger partial charge in [0.15, 0.2) is 5.96 Å². The first-order valence-corrected chi connectivity index (χ1v) is 10.7. The van der Waals surface area contributed by atoms with E-state index in [-0.39, 0.29) is 18.6 Å². The Labute approximate surface area is 177 Å². The predicted molar refractivity (Wildman–Crippen MR) is 117 cm³/mol. The molecule has 1 aromatic carbocycles. The van der Waals surface area contributed by atoms with Crippen molar-refractivity contribution in [1.29, 1.82) is 0 Å². The molecule has 0 bridgehead atoms. The number of ether oxygens (including phenoxy) is 1. The minimum absolute atomic E-state index is 0.0367. The molecule has 1 amide bonds. The van der Waals surface area contributed by atoms with Crippen molar-refractivity contribution >= 4 is 17.6 Å². The number of nitrogens with zero attached hydrogens (tertiary/aromatic N) is 5. The van der Waals surface area contributed by atoms with Crippen LogP contribution < -0.4 is 10.2 Å². The van der Waals surface area contributed by atoms with Crippen molar-refractivity contribution in [3.8, 4) is 0 Å². The van der Waals surface area contributed by atoms with Crippen LogP contribution in [0.2, 0.25) is 0 Å². The molecule has 1 saturated heterocycles. The third kappa shape index (κ3) is 4.48. The van der Waals surface area contributed by atoms with Gasteiger partial charge in [0.25, 0.3) is 0 Å². The summed E-state index contributed by atoms with van der Waals surface area (Å²) in [5.74, 6) is 0.794. The maximum Gasteiger partial charge on any atom is 0.248 e. The molecular weight excluding hydrogens is 380 g/mol. The summed E-state index contributed by atoms with van der Waals surface area (Å²) in [6, 6.07) is 8.16. The fourth-order valence-corrected chi connectivity index (χ4v) is 4.10. The fourth-order valence-electron chi connectivity index (χ4n) is 4.10. The summed E-state index contributed by atoms with van der Waals surface area (Å²) in [5, 5.41) is 7.59. The standard InChI is InChI=1S/C22H30N6O2/c1-3-23-22(27-11-12-30-20(16-27)18-13-25-26(2)15-18)24-14-21(29)28-10-6-8-17-7-4-5-9-19(17)28/h4-5,7,9,13,15,20H,3,6,8,10-12,14,16H2,1-2H3,(H,23,24). The SMILES string of the molecule is CCNC(=NCC(=O)N1CCCc2ccccc21)N1CCOC(c2cnn(C)c2)C1. The van der Waals surface area contributed by atoms with Gasteiger partial charge in [-0.25, -0.2) is 4.99 Å². The lowest BCUT2D eigenvalue weighted by molar-refractivity contribution is -0.117. The number of guanidine groups is 1. The predicted octanol–water partition coefficient (Wildman–Crippen LogP) is 1.74. The molecule has 2 aliphatic heterocycles. The second kappa shape index (κ2) is 9.30. The number of carbonyl (C=O) groups excluding carboxylic acids is 1. The van der Waals surface area contributed by atoms with Crippen LogP contribution >= 0.6 is 0 Å². The number of aromatic nitrogens is 2. The van der Waals surface area contributed by atoms with E-state index >= 15 is 0 Å². The molecule has 0 spiro atoms. The zero-order valence-electron chi connectivity index (χ0n) is 17.8. The first kappa shape index (κ1) is 20.4. The molecule has 1 aromatic heterocycles. The fraction of sp³-hybridized carbons (Fsp3) is 0.500. The lowest BCUT2D eigenvalue weighted by Gasteiger charge is -2.35. The molecule has 2 aliphatic rings. The van der Waals surface area contributed by atoms with Crippen LogP contribution in [0.25, 0.3) is 0 Å². The molecule has 1 fully saturated rings. The number of anilines is 1. The van der Waals surface area contributed by atoms with Crippen LogP contribution in [0.3, 0.4) is 0 Å². The van der Waals surface area contributed by atoms with Gasteiger partial charge in [-0.1, -0.05) is 18.2 Å². The Morgan fingerprint density at radius 2 is 2.20 bits per heavy atom. The Bertz CT molecular complexity index is 909. The Hall–Kier alpha value is -2.87. The molecule has 0 saturated carbocycles. The molecule has 8 heteroatoms. The molecule has 0 radical (unpaired) electrons. The second-order valence-electron chi connectivity index (χ2n) is 7.70. The van der Waals surface area contributed by atoms with E-state index in [0.29, 0.717) is 13.2 Å². The van der Waals surface area contributed by atoms with Crippen LogP contribution in [0.4, 0.5) is 5.69 Å². The molecule has 0 aliphatic carbocycles. The molecule has 1 unspecified atom stereocenters. The maximum absolute atomic E-state index is 13.0. The number of carbonyl (C=O) groups is 1. The van der Waals surface area contributed by atoms with Gasteiger partial charge >= 0.3 is 0 Å². The molecule has 2 aromatic rings. The highest BCUT2D eigenvalue weighted by Crippen LogP contribution is 2.27. The summed E-state index contributed by atoms with van der Waals surface area (Å²) in [4.78, 5) is 21.7. The van der Waals surface area contributed by atoms with Crippen LogP contribution in [-0.2, 0) is 23.0 Å². The minimum atomic E-state index is -0.0546. The van der Waals surface area contributed by atoms with Gasteiger partial charge in [0.05, 0.1) is 19.3 Å². The third-order valence-corrected chi connectivity index (χ3v) is 5.57. The van der Waals surface area contributed by atoms with Crippen LogP contribution in [-0.4, -0.2) is 65.9 Å². The topological polar surface area (TPSA) is 75.0 Å². The molecule has 1 atom stereocenters. The summed E-state index contributed by atoms with van der Waals surface area (Å²) < 4.78 is 7.73. The van der Waals surface area contributed by atoms with Crippen molar-refractivity contribution < 1.29 is 9.53 Å². The molecule has 3 heterocycles. The largest absolute Gasteiger partial charge is 0.370 e. The zero-order chi connectivity index (χ0) is 20.9. The van der Waals surface area contributed by atoms with Crippen molar-refractivity contribution in [2.24, 2.45) is 12.0 Å². The van der Waals surface area contributed by atoms with E-state index in [1.807, 2.05) is 49.5 Å². The first-order chi connectivity index (χ1) is 14.7. The monoisotopic (exact) mass is 410 g/mol. The van der Waals surface area contributed by atoms with E-state index in [9.17, 15) is 4.79 Å². The summed E-state index contributed by atoms with van der Waals surface area (Å²) in [6.45, 7) is 5.69. The van der Waals surface area contributed by atoms with Gasteiger partial charge in [-0.15, -0.1) is 0 Å². The minimum Gasteiger partial charge on any atom is -0.370 e. The van der Waals surface area contributed by atoms with Gasteiger partial charge in [-0.05, 0) is 31.4 Å². The van der Waals surface area contributed by atoms with Crippen molar-refractivity contribution in [2.45, 2.75) is 25.9 Å².